The molecule has 2 aromatic carbocycles. The molecule has 1 saturated heterocycles. The number of aliphatic hydroxyl groups is 1. The molecule has 1 fully saturated rings. The molecule has 1 aliphatic rings. The van der Waals surface area contributed by atoms with Crippen molar-refractivity contribution in [2.45, 2.75) is 59.1 Å². The minimum absolute atomic E-state index is 0.0206. The van der Waals surface area contributed by atoms with E-state index in [1.54, 1.807) is 17.0 Å². The Labute approximate surface area is 195 Å². The van der Waals surface area contributed by atoms with E-state index in [4.69, 9.17) is 9.47 Å². The first-order valence-corrected chi connectivity index (χ1v) is 11.5. The highest BCUT2D eigenvalue weighted by Crippen LogP contribution is 2.42. The Bertz CT molecular complexity index is 1060. The zero-order valence-electron chi connectivity index (χ0n) is 20.1. The molecule has 1 unspecified atom stereocenters. The molecule has 1 N–H and O–H groups in total. The van der Waals surface area contributed by atoms with Crippen LogP contribution in [0.3, 0.4) is 0 Å². The average molecular weight is 452 g/mol. The molecule has 0 aromatic heterocycles. The summed E-state index contributed by atoms with van der Waals surface area (Å²) in [5.41, 5.74) is 2.08. The first-order chi connectivity index (χ1) is 15.8. The molecule has 0 radical (unpaired) electrons. The maximum atomic E-state index is 13.2. The number of aryl methyl sites for hydroxylation is 1. The van der Waals surface area contributed by atoms with Gasteiger partial charge in [-0.25, -0.2) is 0 Å². The predicted octanol–water partition coefficient (Wildman–Crippen LogP) is 5.40. The quantitative estimate of drug-likeness (QED) is 0.239. The molecule has 6 heteroatoms. The molecule has 1 amide bonds. The third-order valence-electron chi connectivity index (χ3n) is 5.70. The summed E-state index contributed by atoms with van der Waals surface area (Å²) in [7, 11) is 1.51. The van der Waals surface area contributed by atoms with Gasteiger partial charge < -0.3 is 19.5 Å². The number of hydrogen-bond donors (Lipinski definition) is 1. The Kier molecular flexibility index (Phi) is 7.79. The maximum absolute atomic E-state index is 13.2. The van der Waals surface area contributed by atoms with Crippen molar-refractivity contribution in [2.24, 2.45) is 0 Å². The number of carbonyl (C=O) groups excluding carboxylic acids is 2. The second kappa shape index (κ2) is 10.6. The van der Waals surface area contributed by atoms with Gasteiger partial charge in [-0.2, -0.15) is 0 Å². The van der Waals surface area contributed by atoms with Crippen LogP contribution < -0.4 is 9.47 Å². The third kappa shape index (κ3) is 5.21. The van der Waals surface area contributed by atoms with Crippen LogP contribution in [-0.2, 0) is 9.59 Å². The topological polar surface area (TPSA) is 76.1 Å². The van der Waals surface area contributed by atoms with Gasteiger partial charge in [0.15, 0.2) is 0 Å². The lowest BCUT2D eigenvalue weighted by atomic mass is 9.94. The summed E-state index contributed by atoms with van der Waals surface area (Å²) in [4.78, 5) is 27.9. The van der Waals surface area contributed by atoms with Gasteiger partial charge in [0.2, 0.25) is 0 Å². The number of likely N-dealkylation sites (tertiary alicyclic amines) is 1. The van der Waals surface area contributed by atoms with Crippen LogP contribution in [0.25, 0.3) is 5.76 Å². The Balaban J connectivity index is 2.18. The molecule has 1 heterocycles. The molecule has 0 spiro atoms. The number of carbonyl (C=O) groups is 2. The first-order valence-electron chi connectivity index (χ1n) is 11.5. The molecule has 1 atom stereocenters. The van der Waals surface area contributed by atoms with Gasteiger partial charge >= 0.3 is 0 Å². The molecule has 0 bridgehead atoms. The second-order valence-corrected chi connectivity index (χ2v) is 8.64. The lowest BCUT2D eigenvalue weighted by Crippen LogP contribution is -2.30. The number of ether oxygens (including phenoxy) is 2. The summed E-state index contributed by atoms with van der Waals surface area (Å²) < 4.78 is 11.3. The zero-order valence-corrected chi connectivity index (χ0v) is 20.1. The van der Waals surface area contributed by atoms with Crippen molar-refractivity contribution in [1.82, 2.24) is 4.90 Å². The predicted molar refractivity (Wildman–Crippen MR) is 128 cm³/mol. The third-order valence-corrected chi connectivity index (χ3v) is 5.70. The van der Waals surface area contributed by atoms with Crippen molar-refractivity contribution >= 4 is 17.4 Å². The molecule has 176 valence electrons. The Morgan fingerprint density at radius 3 is 2.55 bits per heavy atom. The Morgan fingerprint density at radius 2 is 1.88 bits per heavy atom. The number of benzene rings is 2. The summed E-state index contributed by atoms with van der Waals surface area (Å²) in [5.74, 6) is -0.431. The van der Waals surface area contributed by atoms with Crippen LogP contribution in [0.1, 0.15) is 62.8 Å². The molecular formula is C27H33NO5. The van der Waals surface area contributed by atoms with Crippen LogP contribution in [0.5, 0.6) is 11.5 Å². The van der Waals surface area contributed by atoms with Gasteiger partial charge in [-0.1, -0.05) is 43.5 Å². The Hall–Kier alpha value is -3.28. The minimum Gasteiger partial charge on any atom is -0.507 e. The van der Waals surface area contributed by atoms with Crippen molar-refractivity contribution in [2.75, 3.05) is 13.7 Å². The summed E-state index contributed by atoms with van der Waals surface area (Å²) in [6, 6.07) is 12.0. The van der Waals surface area contributed by atoms with Gasteiger partial charge in [-0.3, -0.25) is 9.59 Å². The highest BCUT2D eigenvalue weighted by atomic mass is 16.5. The van der Waals surface area contributed by atoms with Gasteiger partial charge in [0.1, 0.15) is 17.3 Å². The fraction of sp³-hybridized carbons (Fsp3) is 0.407. The standard InChI is InChI=1S/C27H33NO5/c1-6-7-8-14-28-24(19-10-9-11-20(16-19)33-17(2)3)23(26(30)27(28)31)25(29)21-15-18(4)12-13-22(21)32-5/h9-13,15-17,24,29H,6-8,14H2,1-5H3/b25-23+. The zero-order chi connectivity index (χ0) is 24.1. The maximum Gasteiger partial charge on any atom is 0.295 e. The van der Waals surface area contributed by atoms with Crippen LogP contribution in [0.4, 0.5) is 0 Å². The molecular weight excluding hydrogens is 418 g/mol. The summed E-state index contributed by atoms with van der Waals surface area (Å²) in [6.07, 6.45) is 2.69. The SMILES string of the molecule is CCCCCN1C(=O)C(=O)/C(=C(/O)c2cc(C)ccc2OC)C1c1cccc(OC(C)C)c1. The molecule has 0 saturated carbocycles. The van der Waals surface area contributed by atoms with E-state index in [-0.39, 0.29) is 17.4 Å². The highest BCUT2D eigenvalue weighted by Gasteiger charge is 2.46. The van der Waals surface area contributed by atoms with E-state index in [2.05, 4.69) is 6.92 Å². The number of nitrogens with zero attached hydrogens (tertiary/aromatic N) is 1. The fourth-order valence-corrected chi connectivity index (χ4v) is 4.17. The van der Waals surface area contributed by atoms with Crippen molar-refractivity contribution < 1.29 is 24.2 Å². The van der Waals surface area contributed by atoms with E-state index in [9.17, 15) is 14.7 Å². The van der Waals surface area contributed by atoms with Crippen molar-refractivity contribution in [1.29, 1.82) is 0 Å². The molecule has 6 nitrogen and oxygen atoms in total. The van der Waals surface area contributed by atoms with E-state index < -0.39 is 17.7 Å². The van der Waals surface area contributed by atoms with Crippen molar-refractivity contribution in [3.05, 3.63) is 64.7 Å². The number of aliphatic hydroxyl groups excluding tert-OH is 1. The van der Waals surface area contributed by atoms with E-state index in [1.807, 2.05) is 51.1 Å². The molecule has 33 heavy (non-hydrogen) atoms. The van der Waals surface area contributed by atoms with Crippen LogP contribution in [0, 0.1) is 6.92 Å². The van der Waals surface area contributed by atoms with Gasteiger partial charge in [-0.15, -0.1) is 0 Å². The fourth-order valence-electron chi connectivity index (χ4n) is 4.17. The number of unbranched alkanes of at least 4 members (excludes halogenated alkanes) is 2. The van der Waals surface area contributed by atoms with Crippen LogP contribution in [0.15, 0.2) is 48.0 Å². The summed E-state index contributed by atoms with van der Waals surface area (Å²) in [5, 5.41) is 11.3. The lowest BCUT2D eigenvalue weighted by Gasteiger charge is -2.26. The number of methoxy groups -OCH3 is 1. The molecule has 0 aliphatic carbocycles. The van der Waals surface area contributed by atoms with Crippen molar-refractivity contribution in [3.8, 4) is 11.5 Å². The number of rotatable bonds is 9. The van der Waals surface area contributed by atoms with E-state index in [0.29, 0.717) is 23.6 Å². The van der Waals surface area contributed by atoms with Gasteiger partial charge in [0.25, 0.3) is 11.7 Å². The Morgan fingerprint density at radius 1 is 1.12 bits per heavy atom. The van der Waals surface area contributed by atoms with Crippen LogP contribution >= 0.6 is 0 Å². The number of Topliss-reactive ketones (excluding diaryl/α,β-unsaturated/α-hetero) is 1. The minimum atomic E-state index is -0.706. The second-order valence-electron chi connectivity index (χ2n) is 8.64. The smallest absolute Gasteiger partial charge is 0.295 e. The van der Waals surface area contributed by atoms with Gasteiger partial charge in [-0.05, 0) is 57.0 Å². The van der Waals surface area contributed by atoms with E-state index >= 15 is 0 Å². The van der Waals surface area contributed by atoms with E-state index in [1.165, 1.54) is 7.11 Å². The average Bonchev–Trinajstić information content (AvgIpc) is 3.03. The lowest BCUT2D eigenvalue weighted by molar-refractivity contribution is -0.139. The first kappa shape index (κ1) is 24.4. The highest BCUT2D eigenvalue weighted by molar-refractivity contribution is 6.46. The molecule has 2 aromatic rings. The van der Waals surface area contributed by atoms with Gasteiger partial charge in [0, 0.05) is 6.54 Å². The normalized spacial score (nSPS) is 17.6. The molecule has 3 rings (SSSR count). The van der Waals surface area contributed by atoms with Crippen molar-refractivity contribution in [3.63, 3.8) is 0 Å². The van der Waals surface area contributed by atoms with Crippen LogP contribution in [0.2, 0.25) is 0 Å². The number of hydrogen-bond acceptors (Lipinski definition) is 5. The largest absolute Gasteiger partial charge is 0.507 e. The van der Waals surface area contributed by atoms with Gasteiger partial charge in [0.05, 0.1) is 30.4 Å². The summed E-state index contributed by atoms with van der Waals surface area (Å²) in [6.45, 7) is 8.28. The molecule has 1 aliphatic heterocycles. The number of ketones is 1. The monoisotopic (exact) mass is 451 g/mol. The summed E-state index contributed by atoms with van der Waals surface area (Å²) >= 11 is 0. The van der Waals surface area contributed by atoms with E-state index in [0.717, 1.165) is 30.4 Å². The van der Waals surface area contributed by atoms with Crippen LogP contribution in [-0.4, -0.2) is 41.5 Å². The number of amides is 1.